The van der Waals surface area contributed by atoms with Gasteiger partial charge in [-0.1, -0.05) is 25.5 Å². The van der Waals surface area contributed by atoms with Crippen LogP contribution in [-0.4, -0.2) is 52.5 Å². The Bertz CT molecular complexity index is 788. The van der Waals surface area contributed by atoms with Gasteiger partial charge >= 0.3 is 6.03 Å². The summed E-state index contributed by atoms with van der Waals surface area (Å²) in [5.74, 6) is 0.285. The lowest BCUT2D eigenvalue weighted by atomic mass is 9.99. The second kappa shape index (κ2) is 7.32. The van der Waals surface area contributed by atoms with Crippen LogP contribution in [0.3, 0.4) is 0 Å². The highest BCUT2D eigenvalue weighted by atomic mass is 32.1. The van der Waals surface area contributed by atoms with E-state index in [9.17, 15) is 9.59 Å². The Balaban J connectivity index is 1.44. The number of fused-ring (bicyclic) bond motifs is 1. The first-order chi connectivity index (χ1) is 12.7. The third-order valence-corrected chi connectivity index (χ3v) is 6.39. The molecule has 2 atom stereocenters. The molecule has 1 aromatic carbocycles. The van der Waals surface area contributed by atoms with E-state index in [0.29, 0.717) is 19.0 Å². The summed E-state index contributed by atoms with van der Waals surface area (Å²) in [7, 11) is 0. The molecule has 26 heavy (non-hydrogen) atoms. The third-order valence-electron chi connectivity index (χ3n) is 5.19. The van der Waals surface area contributed by atoms with Gasteiger partial charge in [-0.2, -0.15) is 0 Å². The van der Waals surface area contributed by atoms with Crippen molar-refractivity contribution in [2.45, 2.75) is 44.6 Å². The van der Waals surface area contributed by atoms with E-state index in [2.05, 4.69) is 22.3 Å². The highest BCUT2D eigenvalue weighted by Crippen LogP contribution is 2.33. The highest BCUT2D eigenvalue weighted by Gasteiger charge is 2.38. The summed E-state index contributed by atoms with van der Waals surface area (Å²) in [4.78, 5) is 33.0. The largest absolute Gasteiger partial charge is 0.326 e. The van der Waals surface area contributed by atoms with Crippen LogP contribution >= 0.6 is 11.3 Å². The van der Waals surface area contributed by atoms with Crippen LogP contribution in [0.5, 0.6) is 0 Å². The second-order valence-electron chi connectivity index (χ2n) is 7.13. The molecule has 0 radical (unpaired) electrons. The number of likely N-dealkylation sites (tertiary alicyclic amines) is 1. The van der Waals surface area contributed by atoms with Crippen molar-refractivity contribution >= 4 is 33.5 Å². The van der Waals surface area contributed by atoms with Crippen molar-refractivity contribution < 1.29 is 9.59 Å². The molecule has 138 valence electrons. The van der Waals surface area contributed by atoms with Crippen LogP contribution in [0.4, 0.5) is 4.79 Å². The first-order valence-corrected chi connectivity index (χ1v) is 10.2. The van der Waals surface area contributed by atoms with Crippen LogP contribution in [0.15, 0.2) is 24.3 Å². The molecule has 0 saturated carbocycles. The summed E-state index contributed by atoms with van der Waals surface area (Å²) >= 11 is 1.76. The lowest BCUT2D eigenvalue weighted by Gasteiger charge is -2.33. The van der Waals surface area contributed by atoms with E-state index < -0.39 is 0 Å². The quantitative estimate of drug-likeness (QED) is 0.819. The number of rotatable bonds is 5. The molecule has 6 nitrogen and oxygen atoms in total. The van der Waals surface area contributed by atoms with Gasteiger partial charge in [0.1, 0.15) is 6.04 Å². The molecular formula is C19H24N4O2S. The van der Waals surface area contributed by atoms with Crippen molar-refractivity contribution in [1.29, 1.82) is 0 Å². The maximum atomic E-state index is 12.5. The first-order valence-electron chi connectivity index (χ1n) is 9.35. The number of nitrogens with zero attached hydrogens (tertiary/aromatic N) is 3. The molecule has 2 aliphatic rings. The zero-order chi connectivity index (χ0) is 18.1. The van der Waals surface area contributed by atoms with E-state index in [0.717, 1.165) is 42.9 Å². The minimum absolute atomic E-state index is 0.0843. The molecule has 2 aromatic rings. The number of hydrogen-bond acceptors (Lipinski definition) is 5. The fourth-order valence-electron chi connectivity index (χ4n) is 3.85. The number of nitrogens with one attached hydrogen (secondary N) is 1. The fourth-order valence-corrected chi connectivity index (χ4v) is 4.94. The van der Waals surface area contributed by atoms with Gasteiger partial charge in [-0.15, -0.1) is 11.3 Å². The number of aromatic nitrogens is 1. The van der Waals surface area contributed by atoms with Crippen LogP contribution in [0.1, 0.15) is 43.5 Å². The summed E-state index contributed by atoms with van der Waals surface area (Å²) in [6, 6.07) is 7.62. The molecule has 2 fully saturated rings. The first kappa shape index (κ1) is 17.4. The number of piperidine rings is 1. The van der Waals surface area contributed by atoms with Crippen molar-refractivity contribution in [3.63, 3.8) is 0 Å². The zero-order valence-electron chi connectivity index (χ0n) is 15.0. The lowest BCUT2D eigenvalue weighted by molar-refractivity contribution is -0.129. The Labute approximate surface area is 157 Å². The number of urea groups is 1. The van der Waals surface area contributed by atoms with E-state index in [1.165, 1.54) is 9.60 Å². The number of hydrogen-bond donors (Lipinski definition) is 1. The van der Waals surface area contributed by atoms with Crippen LogP contribution in [-0.2, 0) is 4.79 Å². The Kier molecular flexibility index (Phi) is 4.91. The number of carbonyl (C=O) groups excluding carboxylic acids is 2. The van der Waals surface area contributed by atoms with E-state index in [1.54, 1.807) is 11.3 Å². The summed E-state index contributed by atoms with van der Waals surface area (Å²) in [5.41, 5.74) is 1.06. The Morgan fingerprint density at radius 1 is 1.31 bits per heavy atom. The fraction of sp³-hybridized carbons (Fsp3) is 0.526. The number of carbonyl (C=O) groups is 2. The van der Waals surface area contributed by atoms with Gasteiger partial charge in [-0.05, 0) is 37.9 Å². The predicted octanol–water partition coefficient (Wildman–Crippen LogP) is 3.15. The molecule has 2 saturated heterocycles. The zero-order valence-corrected chi connectivity index (χ0v) is 15.8. The molecule has 0 aliphatic carbocycles. The summed E-state index contributed by atoms with van der Waals surface area (Å²) in [5, 5.41) is 3.97. The molecule has 1 N–H and O–H groups in total. The van der Waals surface area contributed by atoms with Crippen molar-refractivity contribution in [3.05, 3.63) is 29.3 Å². The minimum atomic E-state index is -0.350. The maximum Gasteiger partial charge on any atom is 0.325 e. The van der Waals surface area contributed by atoms with Crippen LogP contribution in [0.2, 0.25) is 0 Å². The average Bonchev–Trinajstić information content (AvgIpc) is 3.19. The van der Waals surface area contributed by atoms with E-state index in [1.807, 2.05) is 19.1 Å². The van der Waals surface area contributed by atoms with Crippen LogP contribution < -0.4 is 5.32 Å². The third kappa shape index (κ3) is 3.33. The van der Waals surface area contributed by atoms with Gasteiger partial charge in [-0.25, -0.2) is 14.7 Å². The smallest absolute Gasteiger partial charge is 0.325 e. The number of thiazole rings is 1. The van der Waals surface area contributed by atoms with Crippen molar-refractivity contribution in [1.82, 2.24) is 20.1 Å². The second-order valence-corrected chi connectivity index (χ2v) is 8.20. The van der Waals surface area contributed by atoms with Crippen molar-refractivity contribution in [3.8, 4) is 0 Å². The van der Waals surface area contributed by atoms with Crippen molar-refractivity contribution in [2.75, 3.05) is 19.8 Å². The standard InChI is InChI=1S/C19H24N4O2S/c1-2-6-15-18(24)23(19(25)21-15)12-22-10-5-7-13(11-22)17-20-14-8-3-4-9-16(14)26-17/h3-4,8-9,13,15H,2,5-7,10-12H2,1H3,(H,21,25)/t13-,15-/m0/s1. The number of benzene rings is 1. The highest BCUT2D eigenvalue weighted by molar-refractivity contribution is 7.18. The molecule has 2 aliphatic heterocycles. The van der Waals surface area contributed by atoms with Gasteiger partial charge in [0, 0.05) is 12.5 Å². The molecule has 3 amide bonds. The Hall–Kier alpha value is -1.99. The number of para-hydroxylation sites is 1. The van der Waals surface area contributed by atoms with E-state index in [4.69, 9.17) is 4.98 Å². The summed E-state index contributed by atoms with van der Waals surface area (Å²) < 4.78 is 1.22. The van der Waals surface area contributed by atoms with Crippen LogP contribution in [0.25, 0.3) is 10.2 Å². The van der Waals surface area contributed by atoms with E-state index >= 15 is 0 Å². The summed E-state index contributed by atoms with van der Waals surface area (Å²) in [6.45, 7) is 4.16. The van der Waals surface area contributed by atoms with Gasteiger partial charge in [0.05, 0.1) is 21.9 Å². The number of imide groups is 1. The molecule has 0 unspecified atom stereocenters. The van der Waals surface area contributed by atoms with Gasteiger partial charge in [-0.3, -0.25) is 9.69 Å². The monoisotopic (exact) mass is 372 g/mol. The molecule has 7 heteroatoms. The number of amides is 3. The SMILES string of the molecule is CCC[C@@H]1NC(=O)N(CN2CCC[C@H](c3nc4ccccc4s3)C2)C1=O. The molecular weight excluding hydrogens is 348 g/mol. The normalized spacial score (nSPS) is 24.4. The van der Waals surface area contributed by atoms with Gasteiger partial charge in [0.25, 0.3) is 5.91 Å². The lowest BCUT2D eigenvalue weighted by Crippen LogP contribution is -2.45. The summed E-state index contributed by atoms with van der Waals surface area (Å²) in [6.07, 6.45) is 3.75. The molecule has 3 heterocycles. The molecule has 0 spiro atoms. The maximum absolute atomic E-state index is 12.5. The van der Waals surface area contributed by atoms with Crippen molar-refractivity contribution in [2.24, 2.45) is 0 Å². The van der Waals surface area contributed by atoms with Gasteiger partial charge in [0.15, 0.2) is 0 Å². The topological polar surface area (TPSA) is 65.5 Å². The van der Waals surface area contributed by atoms with Gasteiger partial charge < -0.3 is 5.32 Å². The van der Waals surface area contributed by atoms with Crippen LogP contribution in [0, 0.1) is 0 Å². The predicted molar refractivity (Wildman–Crippen MR) is 102 cm³/mol. The molecule has 0 bridgehead atoms. The Morgan fingerprint density at radius 2 is 2.15 bits per heavy atom. The average molecular weight is 372 g/mol. The molecule has 1 aromatic heterocycles. The Morgan fingerprint density at radius 3 is 2.96 bits per heavy atom. The minimum Gasteiger partial charge on any atom is -0.326 e. The van der Waals surface area contributed by atoms with E-state index in [-0.39, 0.29) is 18.0 Å². The molecule has 4 rings (SSSR count). The van der Waals surface area contributed by atoms with Gasteiger partial charge in [0.2, 0.25) is 0 Å².